The number of anilines is 3. The molecule has 4 rings (SSSR count). The van der Waals surface area contributed by atoms with Gasteiger partial charge in [-0.25, -0.2) is 13.4 Å². The molecule has 0 atom stereocenters. The summed E-state index contributed by atoms with van der Waals surface area (Å²) in [5.41, 5.74) is 1.15. The fourth-order valence-corrected chi connectivity index (χ4v) is 4.80. The van der Waals surface area contributed by atoms with Crippen LogP contribution in [0, 0.1) is 5.95 Å². The van der Waals surface area contributed by atoms with Crippen LogP contribution in [-0.2, 0) is 14.8 Å². The highest BCUT2D eigenvalue weighted by Gasteiger charge is 2.25. The molecule has 34 heavy (non-hydrogen) atoms. The number of hydrogen-bond acceptors (Lipinski definition) is 7. The van der Waals surface area contributed by atoms with E-state index in [1.807, 2.05) is 4.90 Å². The molecule has 2 N–H and O–H groups in total. The Morgan fingerprint density at radius 3 is 2.44 bits per heavy atom. The maximum absolute atomic E-state index is 13.4. The number of rotatable bonds is 7. The van der Waals surface area contributed by atoms with Crippen molar-refractivity contribution in [1.29, 1.82) is 0 Å². The highest BCUT2D eigenvalue weighted by molar-refractivity contribution is 7.92. The standard InChI is InChI=1S/C23H23FN4O5S/c1-32-19-5-2-17(3-6-19)27-34(30,31)21-15-18(4-7-20(21)28-10-12-33-13-11-28)26-23(29)16-8-9-25-22(24)14-16/h2-9,14-15,27H,10-13H2,1H3,(H,26,29). The van der Waals surface area contributed by atoms with Gasteiger partial charge in [-0.05, 0) is 48.5 Å². The van der Waals surface area contributed by atoms with E-state index >= 15 is 0 Å². The molecule has 9 nitrogen and oxygen atoms in total. The van der Waals surface area contributed by atoms with Crippen LogP contribution in [0.2, 0.25) is 0 Å². The molecule has 0 bridgehead atoms. The largest absolute Gasteiger partial charge is 0.497 e. The van der Waals surface area contributed by atoms with Gasteiger partial charge in [-0.2, -0.15) is 4.39 Å². The van der Waals surface area contributed by atoms with Crippen LogP contribution in [0.3, 0.4) is 0 Å². The van der Waals surface area contributed by atoms with Crippen LogP contribution in [0.4, 0.5) is 21.5 Å². The monoisotopic (exact) mass is 486 g/mol. The maximum Gasteiger partial charge on any atom is 0.264 e. The molecular weight excluding hydrogens is 463 g/mol. The first-order chi connectivity index (χ1) is 16.4. The zero-order valence-corrected chi connectivity index (χ0v) is 19.1. The van der Waals surface area contributed by atoms with Gasteiger partial charge in [0.05, 0.1) is 26.0 Å². The van der Waals surface area contributed by atoms with Crippen molar-refractivity contribution in [2.75, 3.05) is 48.4 Å². The van der Waals surface area contributed by atoms with Crippen molar-refractivity contribution in [3.63, 3.8) is 0 Å². The summed E-state index contributed by atoms with van der Waals surface area (Å²) in [6.07, 6.45) is 1.18. The molecule has 1 fully saturated rings. The lowest BCUT2D eigenvalue weighted by Gasteiger charge is -2.30. The van der Waals surface area contributed by atoms with E-state index in [2.05, 4.69) is 15.0 Å². The summed E-state index contributed by atoms with van der Waals surface area (Å²) >= 11 is 0. The first-order valence-corrected chi connectivity index (χ1v) is 11.9. The third kappa shape index (κ3) is 5.43. The number of ether oxygens (including phenoxy) is 2. The first kappa shape index (κ1) is 23.5. The van der Waals surface area contributed by atoms with Crippen molar-refractivity contribution in [2.24, 2.45) is 0 Å². The van der Waals surface area contributed by atoms with Crippen LogP contribution >= 0.6 is 0 Å². The van der Waals surface area contributed by atoms with Crippen LogP contribution in [0.5, 0.6) is 5.75 Å². The molecule has 0 saturated carbocycles. The van der Waals surface area contributed by atoms with Gasteiger partial charge in [-0.15, -0.1) is 0 Å². The van der Waals surface area contributed by atoms with Crippen molar-refractivity contribution in [2.45, 2.75) is 4.90 Å². The Labute approximate surface area is 196 Å². The predicted molar refractivity (Wildman–Crippen MR) is 125 cm³/mol. The molecule has 1 aliphatic heterocycles. The highest BCUT2D eigenvalue weighted by atomic mass is 32.2. The van der Waals surface area contributed by atoms with Crippen molar-refractivity contribution >= 4 is 33.0 Å². The van der Waals surface area contributed by atoms with Gasteiger partial charge in [-0.1, -0.05) is 0 Å². The van der Waals surface area contributed by atoms with E-state index in [1.165, 1.54) is 25.4 Å². The second-order valence-corrected chi connectivity index (χ2v) is 9.09. The van der Waals surface area contributed by atoms with E-state index in [9.17, 15) is 17.6 Å². The molecule has 2 aromatic carbocycles. The molecule has 11 heteroatoms. The number of carbonyl (C=O) groups excluding carboxylic acids is 1. The molecule has 2 heterocycles. The van der Waals surface area contributed by atoms with Crippen LogP contribution in [-0.4, -0.2) is 52.7 Å². The minimum absolute atomic E-state index is 0.0103. The van der Waals surface area contributed by atoms with Crippen LogP contribution in [0.25, 0.3) is 0 Å². The SMILES string of the molecule is COc1ccc(NS(=O)(=O)c2cc(NC(=O)c3ccnc(F)c3)ccc2N2CCOCC2)cc1. The quantitative estimate of drug-likeness (QED) is 0.494. The van der Waals surface area contributed by atoms with Gasteiger partial charge in [0.15, 0.2) is 0 Å². The third-order valence-corrected chi connectivity index (χ3v) is 6.60. The number of halogens is 1. The topological polar surface area (TPSA) is 110 Å². The summed E-state index contributed by atoms with van der Waals surface area (Å²) in [6.45, 7) is 1.98. The summed E-state index contributed by atoms with van der Waals surface area (Å²) in [6, 6.07) is 13.5. The lowest BCUT2D eigenvalue weighted by Crippen LogP contribution is -2.37. The normalized spacial score (nSPS) is 13.9. The summed E-state index contributed by atoms with van der Waals surface area (Å²) in [4.78, 5) is 17.9. The number of amides is 1. The zero-order valence-electron chi connectivity index (χ0n) is 18.3. The fourth-order valence-electron chi connectivity index (χ4n) is 3.49. The molecule has 0 unspecified atom stereocenters. The average molecular weight is 487 g/mol. The molecule has 3 aromatic rings. The summed E-state index contributed by atoms with van der Waals surface area (Å²) in [5, 5.41) is 2.62. The number of benzene rings is 2. The smallest absolute Gasteiger partial charge is 0.264 e. The zero-order chi connectivity index (χ0) is 24.1. The van der Waals surface area contributed by atoms with Gasteiger partial charge in [0.2, 0.25) is 5.95 Å². The number of methoxy groups -OCH3 is 1. The molecule has 0 aliphatic carbocycles. The summed E-state index contributed by atoms with van der Waals surface area (Å²) < 4.78 is 53.3. The molecule has 0 spiro atoms. The highest BCUT2D eigenvalue weighted by Crippen LogP contribution is 2.31. The van der Waals surface area contributed by atoms with Gasteiger partial charge >= 0.3 is 0 Å². The number of carbonyl (C=O) groups is 1. The van der Waals surface area contributed by atoms with Crippen molar-refractivity contribution in [3.05, 3.63) is 72.3 Å². The number of nitrogens with zero attached hydrogens (tertiary/aromatic N) is 2. The van der Waals surface area contributed by atoms with E-state index in [4.69, 9.17) is 9.47 Å². The number of aromatic nitrogens is 1. The Morgan fingerprint density at radius 2 is 1.76 bits per heavy atom. The van der Waals surface area contributed by atoms with Crippen LogP contribution < -0.4 is 19.7 Å². The second-order valence-electron chi connectivity index (χ2n) is 7.44. The Kier molecular flexibility index (Phi) is 6.94. The summed E-state index contributed by atoms with van der Waals surface area (Å²) in [7, 11) is -2.52. The second kappa shape index (κ2) is 10.1. The number of morpholine rings is 1. The molecular formula is C23H23FN4O5S. The minimum atomic E-state index is -4.04. The predicted octanol–water partition coefficient (Wildman–Crippen LogP) is 3.12. The van der Waals surface area contributed by atoms with E-state index in [-0.39, 0.29) is 16.1 Å². The van der Waals surface area contributed by atoms with Crippen molar-refractivity contribution < 1.29 is 27.1 Å². The van der Waals surface area contributed by atoms with E-state index in [0.29, 0.717) is 43.4 Å². The van der Waals surface area contributed by atoms with E-state index in [0.717, 1.165) is 6.07 Å². The van der Waals surface area contributed by atoms with Gasteiger partial charge in [0.25, 0.3) is 15.9 Å². The number of pyridine rings is 1. The van der Waals surface area contributed by atoms with Gasteiger partial charge in [0, 0.05) is 42.3 Å². The minimum Gasteiger partial charge on any atom is -0.497 e. The molecule has 0 radical (unpaired) electrons. The van der Waals surface area contributed by atoms with Crippen LogP contribution in [0.1, 0.15) is 10.4 Å². The van der Waals surface area contributed by atoms with Gasteiger partial charge in [-0.3, -0.25) is 9.52 Å². The lowest BCUT2D eigenvalue weighted by molar-refractivity contribution is 0.102. The summed E-state index contributed by atoms with van der Waals surface area (Å²) in [5.74, 6) is -0.789. The maximum atomic E-state index is 13.4. The number of hydrogen-bond donors (Lipinski definition) is 2. The van der Waals surface area contributed by atoms with E-state index in [1.54, 1.807) is 36.4 Å². The molecule has 1 saturated heterocycles. The van der Waals surface area contributed by atoms with Crippen molar-refractivity contribution in [3.8, 4) is 5.75 Å². The molecule has 1 amide bonds. The molecule has 178 valence electrons. The Morgan fingerprint density at radius 1 is 1.06 bits per heavy atom. The van der Waals surface area contributed by atoms with E-state index < -0.39 is 21.9 Å². The fraction of sp³-hybridized carbons (Fsp3) is 0.217. The third-order valence-electron chi connectivity index (χ3n) is 5.19. The van der Waals surface area contributed by atoms with Gasteiger partial charge < -0.3 is 19.7 Å². The Hall–Kier alpha value is -3.70. The molecule has 1 aromatic heterocycles. The van der Waals surface area contributed by atoms with Gasteiger partial charge in [0.1, 0.15) is 10.6 Å². The first-order valence-electron chi connectivity index (χ1n) is 10.4. The average Bonchev–Trinajstić information content (AvgIpc) is 2.85. The van der Waals surface area contributed by atoms with Crippen molar-refractivity contribution in [1.82, 2.24) is 4.98 Å². The number of nitrogens with one attached hydrogen (secondary N) is 2. The van der Waals surface area contributed by atoms with Crippen LogP contribution in [0.15, 0.2) is 65.7 Å². The lowest BCUT2D eigenvalue weighted by atomic mass is 10.2. The number of sulfonamides is 1. The Balaban J connectivity index is 1.67. The Bertz CT molecular complexity index is 1280. The molecule has 1 aliphatic rings.